The zero-order valence-electron chi connectivity index (χ0n) is 14.0. The Morgan fingerprint density at radius 2 is 1.96 bits per heavy atom. The fourth-order valence-corrected chi connectivity index (χ4v) is 2.07. The first-order valence-corrected chi connectivity index (χ1v) is 7.86. The summed E-state index contributed by atoms with van der Waals surface area (Å²) in [6.45, 7) is 4.68. The second kappa shape index (κ2) is 8.08. The van der Waals surface area contributed by atoms with Crippen molar-refractivity contribution in [3.8, 4) is 0 Å². The highest BCUT2D eigenvalue weighted by Gasteiger charge is 2.18. The highest BCUT2D eigenvalue weighted by Crippen LogP contribution is 2.14. The number of hydrogen-bond acceptors (Lipinski definition) is 5. The number of aryl methyl sites for hydroxylation is 1. The van der Waals surface area contributed by atoms with E-state index < -0.39 is 11.9 Å². The minimum atomic E-state index is -1.17. The summed E-state index contributed by atoms with van der Waals surface area (Å²) in [5.41, 5.74) is 0.285. The summed E-state index contributed by atoms with van der Waals surface area (Å²) < 4.78 is 2.76. The molecule has 0 spiro atoms. The molecule has 0 fully saturated rings. The van der Waals surface area contributed by atoms with E-state index >= 15 is 0 Å². The number of rotatable bonds is 8. The summed E-state index contributed by atoms with van der Waals surface area (Å²) in [7, 11) is 0. The molecule has 25 heavy (non-hydrogen) atoms. The minimum absolute atomic E-state index is 0.135. The van der Waals surface area contributed by atoms with Gasteiger partial charge in [0.05, 0.1) is 5.69 Å². The Morgan fingerprint density at radius 3 is 2.56 bits per heavy atom. The molecule has 0 aliphatic rings. The number of aromatic nitrogens is 4. The van der Waals surface area contributed by atoms with Gasteiger partial charge in [-0.05, 0) is 19.4 Å². The number of hydrogen-bond donors (Lipinski definition) is 3. The Bertz CT molecular complexity index is 779. The monoisotopic (exact) mass is 348 g/mol. The normalized spacial score (nSPS) is 10.5. The van der Waals surface area contributed by atoms with Crippen molar-refractivity contribution in [2.45, 2.75) is 33.4 Å². The van der Waals surface area contributed by atoms with Gasteiger partial charge in [0.15, 0.2) is 11.4 Å². The van der Waals surface area contributed by atoms with Crippen molar-refractivity contribution in [3.63, 3.8) is 0 Å². The predicted octanol–water partition coefficient (Wildman–Crippen LogP) is 0.576. The van der Waals surface area contributed by atoms with Crippen LogP contribution in [0.5, 0.6) is 0 Å². The van der Waals surface area contributed by atoms with Crippen LogP contribution in [0.25, 0.3) is 0 Å². The highest BCUT2D eigenvalue weighted by molar-refractivity contribution is 6.02. The number of amides is 2. The molecule has 0 radical (unpaired) electrons. The van der Waals surface area contributed by atoms with Gasteiger partial charge in [-0.25, -0.2) is 4.79 Å². The van der Waals surface area contributed by atoms with Crippen LogP contribution in [0.15, 0.2) is 18.5 Å². The van der Waals surface area contributed by atoms with Crippen molar-refractivity contribution in [3.05, 3.63) is 29.8 Å². The first-order chi connectivity index (χ1) is 11.9. The molecule has 0 unspecified atom stereocenters. The first-order valence-electron chi connectivity index (χ1n) is 7.86. The molecule has 0 aliphatic carbocycles. The molecular formula is C15H20N6O4. The molecule has 2 amide bonds. The Balaban J connectivity index is 2.09. The molecule has 2 heterocycles. The van der Waals surface area contributed by atoms with Gasteiger partial charge in [0, 0.05) is 25.5 Å². The molecule has 2 rings (SSSR count). The molecule has 0 aromatic carbocycles. The number of aromatic carboxylic acids is 1. The van der Waals surface area contributed by atoms with Gasteiger partial charge < -0.3 is 15.7 Å². The zero-order chi connectivity index (χ0) is 18.4. The molecule has 2 aromatic rings. The summed E-state index contributed by atoms with van der Waals surface area (Å²) in [6.07, 6.45) is 3.75. The largest absolute Gasteiger partial charge is 0.476 e. The van der Waals surface area contributed by atoms with E-state index in [1.54, 1.807) is 10.9 Å². The lowest BCUT2D eigenvalue weighted by Gasteiger charge is -2.06. The van der Waals surface area contributed by atoms with Gasteiger partial charge >= 0.3 is 5.97 Å². The Labute approximate surface area is 143 Å². The molecule has 134 valence electrons. The molecule has 10 nitrogen and oxygen atoms in total. The summed E-state index contributed by atoms with van der Waals surface area (Å²) >= 11 is 0. The van der Waals surface area contributed by atoms with Gasteiger partial charge in [-0.3, -0.25) is 19.0 Å². The van der Waals surface area contributed by atoms with Crippen LogP contribution in [0, 0.1) is 0 Å². The summed E-state index contributed by atoms with van der Waals surface area (Å²) in [5, 5.41) is 22.1. The molecule has 10 heteroatoms. The SMILES string of the molecule is CCCNC(=O)c1nn(CC)cc1NC(=O)Cn1ccc(C(=O)O)n1. The Kier molecular flexibility index (Phi) is 5.88. The molecule has 2 aromatic heterocycles. The van der Waals surface area contributed by atoms with Crippen LogP contribution in [-0.2, 0) is 17.9 Å². The fourth-order valence-electron chi connectivity index (χ4n) is 2.07. The molecular weight excluding hydrogens is 328 g/mol. The summed E-state index contributed by atoms with van der Waals surface area (Å²) in [4.78, 5) is 35.1. The van der Waals surface area contributed by atoms with E-state index in [0.29, 0.717) is 18.8 Å². The smallest absolute Gasteiger partial charge is 0.356 e. The van der Waals surface area contributed by atoms with Crippen LogP contribution in [-0.4, -0.2) is 49.0 Å². The average molecular weight is 348 g/mol. The maximum Gasteiger partial charge on any atom is 0.356 e. The highest BCUT2D eigenvalue weighted by atomic mass is 16.4. The van der Waals surface area contributed by atoms with Crippen LogP contribution >= 0.6 is 0 Å². The lowest BCUT2D eigenvalue weighted by molar-refractivity contribution is -0.116. The molecule has 0 saturated carbocycles. The third-order valence-electron chi connectivity index (χ3n) is 3.28. The lowest BCUT2D eigenvalue weighted by Crippen LogP contribution is -2.26. The van der Waals surface area contributed by atoms with Crippen LogP contribution in [0.2, 0.25) is 0 Å². The van der Waals surface area contributed by atoms with Crippen molar-refractivity contribution in [2.75, 3.05) is 11.9 Å². The van der Waals surface area contributed by atoms with Gasteiger partial charge in [0.1, 0.15) is 6.54 Å². The number of nitrogens with one attached hydrogen (secondary N) is 2. The topological polar surface area (TPSA) is 131 Å². The lowest BCUT2D eigenvalue weighted by atomic mass is 10.3. The summed E-state index contributed by atoms with van der Waals surface area (Å²) in [5.74, 6) is -1.98. The van der Waals surface area contributed by atoms with Gasteiger partial charge in [-0.2, -0.15) is 10.2 Å². The van der Waals surface area contributed by atoms with Crippen LogP contribution < -0.4 is 10.6 Å². The van der Waals surface area contributed by atoms with Crippen molar-refractivity contribution < 1.29 is 19.5 Å². The van der Waals surface area contributed by atoms with Crippen LogP contribution in [0.4, 0.5) is 5.69 Å². The van der Waals surface area contributed by atoms with Crippen LogP contribution in [0.1, 0.15) is 41.2 Å². The second-order valence-corrected chi connectivity index (χ2v) is 5.25. The van der Waals surface area contributed by atoms with Crippen molar-refractivity contribution in [2.24, 2.45) is 0 Å². The van der Waals surface area contributed by atoms with E-state index in [1.807, 2.05) is 13.8 Å². The number of nitrogens with zero attached hydrogens (tertiary/aromatic N) is 4. The number of carbonyl (C=O) groups excluding carboxylic acids is 2. The maximum atomic E-state index is 12.2. The standard InChI is InChI=1S/C15H20N6O4/c1-3-6-16-14(23)13-11(8-20(4-2)19-13)17-12(22)9-21-7-5-10(18-21)15(24)25/h5,7-8H,3-4,6,9H2,1-2H3,(H,16,23)(H,17,22)(H,24,25). The summed E-state index contributed by atoms with van der Waals surface area (Å²) in [6, 6.07) is 1.30. The Hall–Kier alpha value is -3.17. The van der Waals surface area contributed by atoms with E-state index in [4.69, 9.17) is 5.11 Å². The van der Waals surface area contributed by atoms with Crippen molar-refractivity contribution in [1.82, 2.24) is 24.9 Å². The van der Waals surface area contributed by atoms with Crippen molar-refractivity contribution in [1.29, 1.82) is 0 Å². The molecule has 0 aliphatic heterocycles. The quantitative estimate of drug-likeness (QED) is 0.639. The van der Waals surface area contributed by atoms with Crippen molar-refractivity contribution >= 4 is 23.5 Å². The van der Waals surface area contributed by atoms with E-state index in [0.717, 1.165) is 6.42 Å². The molecule has 0 atom stereocenters. The predicted molar refractivity (Wildman–Crippen MR) is 88.3 cm³/mol. The third-order valence-corrected chi connectivity index (χ3v) is 3.28. The minimum Gasteiger partial charge on any atom is -0.476 e. The first kappa shape index (κ1) is 18.2. The van der Waals surface area contributed by atoms with Gasteiger partial charge in [-0.1, -0.05) is 6.92 Å². The second-order valence-electron chi connectivity index (χ2n) is 5.25. The average Bonchev–Trinajstić information content (AvgIpc) is 3.19. The third kappa shape index (κ3) is 4.66. The Morgan fingerprint density at radius 1 is 1.20 bits per heavy atom. The number of carbonyl (C=O) groups is 3. The maximum absolute atomic E-state index is 12.2. The van der Waals surface area contributed by atoms with E-state index in [2.05, 4.69) is 20.8 Å². The number of carboxylic acids is 1. The molecule has 0 bridgehead atoms. The van der Waals surface area contributed by atoms with E-state index in [9.17, 15) is 14.4 Å². The zero-order valence-corrected chi connectivity index (χ0v) is 14.0. The van der Waals surface area contributed by atoms with Gasteiger partial charge in [-0.15, -0.1) is 0 Å². The van der Waals surface area contributed by atoms with Gasteiger partial charge in [0.2, 0.25) is 5.91 Å². The van der Waals surface area contributed by atoms with Gasteiger partial charge in [0.25, 0.3) is 5.91 Å². The molecule has 3 N–H and O–H groups in total. The number of carboxylic acid groups (broad SMARTS) is 1. The van der Waals surface area contributed by atoms with E-state index in [-0.39, 0.29) is 23.8 Å². The van der Waals surface area contributed by atoms with E-state index in [1.165, 1.54) is 16.9 Å². The number of anilines is 1. The van der Waals surface area contributed by atoms with Crippen LogP contribution in [0.3, 0.4) is 0 Å². The fraction of sp³-hybridized carbons (Fsp3) is 0.400. The molecule has 0 saturated heterocycles.